The van der Waals surface area contributed by atoms with Crippen LogP contribution in [0.2, 0.25) is 0 Å². The molecular weight excluding hydrogens is 381 g/mol. The number of fused-ring (bicyclic) bond motifs is 1. The maximum atomic E-state index is 15.4. The van der Waals surface area contributed by atoms with Gasteiger partial charge in [-0.05, 0) is 75.1 Å². The number of likely N-dealkylation sites (tertiary alicyclic amines) is 1. The van der Waals surface area contributed by atoms with E-state index in [2.05, 4.69) is 11.5 Å². The highest BCUT2D eigenvalue weighted by atomic mass is 19.1. The average Bonchev–Trinajstić information content (AvgIpc) is 3.04. The third kappa shape index (κ3) is 2.70. The van der Waals surface area contributed by atoms with Crippen LogP contribution in [0.25, 0.3) is 22.4 Å². The first-order valence-electron chi connectivity index (χ1n) is 10.5. The molecule has 0 aliphatic carbocycles. The average molecular weight is 407 g/mol. The Morgan fingerprint density at radius 3 is 2.47 bits per heavy atom. The minimum absolute atomic E-state index is 0.0423. The van der Waals surface area contributed by atoms with Gasteiger partial charge in [0.2, 0.25) is 0 Å². The van der Waals surface area contributed by atoms with E-state index in [-0.39, 0.29) is 17.3 Å². The Bertz CT molecular complexity index is 1190. The van der Waals surface area contributed by atoms with Gasteiger partial charge in [0.1, 0.15) is 11.6 Å². The quantitative estimate of drug-likeness (QED) is 0.648. The molecule has 30 heavy (non-hydrogen) atoms. The molecule has 3 aromatic rings. The van der Waals surface area contributed by atoms with Gasteiger partial charge in [-0.25, -0.2) is 9.37 Å². The van der Waals surface area contributed by atoms with Gasteiger partial charge in [0.15, 0.2) is 0 Å². The zero-order valence-corrected chi connectivity index (χ0v) is 17.9. The fourth-order valence-corrected chi connectivity index (χ4v) is 4.38. The summed E-state index contributed by atoms with van der Waals surface area (Å²) >= 11 is 0. The first-order chi connectivity index (χ1) is 14.3. The van der Waals surface area contributed by atoms with Crippen molar-refractivity contribution >= 4 is 16.9 Å². The number of aromatic nitrogens is 2. The summed E-state index contributed by atoms with van der Waals surface area (Å²) in [5, 5.41) is 0. The van der Waals surface area contributed by atoms with E-state index in [0.717, 1.165) is 41.7 Å². The Kier molecular flexibility index (Phi) is 4.26. The van der Waals surface area contributed by atoms with Crippen LogP contribution in [-0.4, -0.2) is 46.7 Å². The summed E-state index contributed by atoms with van der Waals surface area (Å²) in [6.45, 7) is 10.5. The molecule has 0 saturated carbocycles. The first-order valence-corrected chi connectivity index (χ1v) is 10.5. The topological polar surface area (TPSA) is 47.4 Å². The summed E-state index contributed by atoms with van der Waals surface area (Å²) in [4.78, 5) is 19.5. The lowest BCUT2D eigenvalue weighted by atomic mass is 9.96. The van der Waals surface area contributed by atoms with Crippen molar-refractivity contribution in [2.45, 2.75) is 39.7 Å². The molecule has 2 aliphatic rings. The van der Waals surface area contributed by atoms with Crippen molar-refractivity contribution in [1.29, 1.82) is 0 Å². The SMILES string of the molecule is Cc1cc(-c2nc3ccc(C(=O)N4CCC4)cc3n2C2(C)COC2)c(F)c(C)c1C. The molecule has 3 heterocycles. The van der Waals surface area contributed by atoms with Crippen LogP contribution in [0.1, 0.15) is 40.4 Å². The van der Waals surface area contributed by atoms with Crippen molar-refractivity contribution in [2.75, 3.05) is 26.3 Å². The van der Waals surface area contributed by atoms with Crippen LogP contribution in [-0.2, 0) is 10.3 Å². The van der Waals surface area contributed by atoms with Crippen molar-refractivity contribution in [1.82, 2.24) is 14.5 Å². The summed E-state index contributed by atoms with van der Waals surface area (Å²) in [6.07, 6.45) is 1.05. The van der Waals surface area contributed by atoms with Gasteiger partial charge in [-0.15, -0.1) is 0 Å². The van der Waals surface area contributed by atoms with E-state index in [0.29, 0.717) is 35.7 Å². The van der Waals surface area contributed by atoms with Gasteiger partial charge in [0, 0.05) is 18.7 Å². The maximum Gasteiger partial charge on any atom is 0.253 e. The second-order valence-corrected chi connectivity index (χ2v) is 8.91. The molecule has 156 valence electrons. The van der Waals surface area contributed by atoms with Crippen molar-refractivity contribution in [3.8, 4) is 11.4 Å². The molecule has 2 aliphatic heterocycles. The second kappa shape index (κ2) is 6.64. The van der Waals surface area contributed by atoms with Crippen molar-refractivity contribution in [3.63, 3.8) is 0 Å². The van der Waals surface area contributed by atoms with Crippen molar-refractivity contribution in [2.24, 2.45) is 0 Å². The minimum Gasteiger partial charge on any atom is -0.376 e. The maximum absolute atomic E-state index is 15.4. The zero-order chi connectivity index (χ0) is 21.2. The molecule has 2 fully saturated rings. The molecule has 2 aromatic carbocycles. The molecule has 1 amide bonds. The molecule has 6 heteroatoms. The highest BCUT2D eigenvalue weighted by molar-refractivity contribution is 5.98. The van der Waals surface area contributed by atoms with Gasteiger partial charge < -0.3 is 14.2 Å². The molecule has 1 aromatic heterocycles. The van der Waals surface area contributed by atoms with Crippen LogP contribution in [0.5, 0.6) is 0 Å². The molecule has 0 bridgehead atoms. The minimum atomic E-state index is -0.332. The van der Waals surface area contributed by atoms with Crippen LogP contribution < -0.4 is 0 Å². The number of carbonyl (C=O) groups is 1. The van der Waals surface area contributed by atoms with Crippen LogP contribution in [0, 0.1) is 26.6 Å². The van der Waals surface area contributed by atoms with Crippen molar-refractivity contribution in [3.05, 3.63) is 52.3 Å². The number of aryl methyl sites for hydroxylation is 1. The number of hydrogen-bond donors (Lipinski definition) is 0. The summed E-state index contributed by atoms with van der Waals surface area (Å²) < 4.78 is 23.0. The number of ether oxygens (including phenoxy) is 1. The summed E-state index contributed by atoms with van der Waals surface area (Å²) in [6, 6.07) is 7.48. The standard InChI is InChI=1S/C24H26FN3O2/c1-14-10-18(21(25)16(3)15(14)2)22-26-19-7-6-17(23(29)27-8-5-9-27)11-20(19)28(22)24(4)12-30-13-24/h6-7,10-11H,5,8-9,12-13H2,1-4H3. The summed E-state index contributed by atoms with van der Waals surface area (Å²) in [5.41, 5.74) is 5.05. The number of amides is 1. The smallest absolute Gasteiger partial charge is 0.253 e. The number of carbonyl (C=O) groups excluding carboxylic acids is 1. The predicted octanol–water partition coefficient (Wildman–Crippen LogP) is 4.36. The lowest BCUT2D eigenvalue weighted by Gasteiger charge is -2.41. The number of rotatable bonds is 3. The number of hydrogen-bond acceptors (Lipinski definition) is 3. The Hall–Kier alpha value is -2.73. The normalized spacial score (nSPS) is 17.7. The van der Waals surface area contributed by atoms with Gasteiger partial charge >= 0.3 is 0 Å². The second-order valence-electron chi connectivity index (χ2n) is 8.91. The Morgan fingerprint density at radius 1 is 1.13 bits per heavy atom. The van der Waals surface area contributed by atoms with E-state index in [1.165, 1.54) is 0 Å². The van der Waals surface area contributed by atoms with Crippen LogP contribution >= 0.6 is 0 Å². The fourth-order valence-electron chi connectivity index (χ4n) is 4.38. The molecule has 0 unspecified atom stereocenters. The fraction of sp³-hybridized carbons (Fsp3) is 0.417. The first kappa shape index (κ1) is 19.2. The largest absolute Gasteiger partial charge is 0.376 e. The van der Waals surface area contributed by atoms with Crippen molar-refractivity contribution < 1.29 is 13.9 Å². The van der Waals surface area contributed by atoms with Gasteiger partial charge in [0.05, 0.1) is 35.3 Å². The molecule has 5 rings (SSSR count). The number of imidazole rings is 1. The van der Waals surface area contributed by atoms with Gasteiger partial charge in [-0.2, -0.15) is 0 Å². The lowest BCUT2D eigenvalue weighted by Crippen LogP contribution is -2.49. The van der Waals surface area contributed by atoms with E-state index < -0.39 is 0 Å². The predicted molar refractivity (Wildman–Crippen MR) is 114 cm³/mol. The number of nitrogens with zero attached hydrogens (tertiary/aromatic N) is 3. The van der Waals surface area contributed by atoms with Gasteiger partial charge in [0.25, 0.3) is 5.91 Å². The van der Waals surface area contributed by atoms with Crippen LogP contribution in [0.4, 0.5) is 4.39 Å². The Morgan fingerprint density at radius 2 is 1.87 bits per heavy atom. The van der Waals surface area contributed by atoms with E-state index in [1.807, 2.05) is 49.9 Å². The summed E-state index contributed by atoms with van der Waals surface area (Å²) in [5.74, 6) is 0.393. The van der Waals surface area contributed by atoms with E-state index >= 15 is 4.39 Å². The number of benzene rings is 2. The Balaban J connectivity index is 1.75. The van der Waals surface area contributed by atoms with E-state index in [1.54, 1.807) is 0 Å². The zero-order valence-electron chi connectivity index (χ0n) is 17.9. The van der Waals surface area contributed by atoms with E-state index in [9.17, 15) is 4.79 Å². The third-order valence-corrected chi connectivity index (χ3v) is 6.73. The number of halogens is 1. The molecule has 5 nitrogen and oxygen atoms in total. The molecule has 0 atom stereocenters. The Labute approximate surface area is 175 Å². The van der Waals surface area contributed by atoms with E-state index in [4.69, 9.17) is 9.72 Å². The lowest BCUT2D eigenvalue weighted by molar-refractivity contribution is -0.0868. The monoisotopic (exact) mass is 407 g/mol. The third-order valence-electron chi connectivity index (χ3n) is 6.73. The van der Waals surface area contributed by atoms with Crippen LogP contribution in [0.15, 0.2) is 24.3 Å². The van der Waals surface area contributed by atoms with Gasteiger partial charge in [-0.3, -0.25) is 4.79 Å². The highest BCUT2D eigenvalue weighted by Crippen LogP contribution is 2.38. The summed E-state index contributed by atoms with van der Waals surface area (Å²) in [7, 11) is 0. The molecule has 2 saturated heterocycles. The highest BCUT2D eigenvalue weighted by Gasteiger charge is 2.39. The molecule has 0 radical (unpaired) electrons. The molecular formula is C24H26FN3O2. The molecule has 0 spiro atoms. The van der Waals surface area contributed by atoms with Gasteiger partial charge in [-0.1, -0.05) is 0 Å². The molecule has 0 N–H and O–H groups in total. The van der Waals surface area contributed by atoms with Crippen LogP contribution in [0.3, 0.4) is 0 Å².